The lowest BCUT2D eigenvalue weighted by atomic mass is 10.5. The summed E-state index contributed by atoms with van der Waals surface area (Å²) in [5.74, 6) is -1.36. The highest BCUT2D eigenvalue weighted by Crippen LogP contribution is 2.13. The number of carbonyl (C=O) groups is 2. The number of aryl methyl sites for hydroxylation is 1. The lowest BCUT2D eigenvalue weighted by Crippen LogP contribution is -2.32. The molecule has 11 heteroatoms. The molecule has 0 radical (unpaired) electrons. The van der Waals surface area contributed by atoms with Crippen LogP contribution < -0.4 is 16.6 Å². The van der Waals surface area contributed by atoms with Crippen molar-refractivity contribution in [3.8, 4) is 0 Å². The van der Waals surface area contributed by atoms with Crippen LogP contribution in [0, 0.1) is 6.92 Å². The molecule has 0 aromatic carbocycles. The van der Waals surface area contributed by atoms with Gasteiger partial charge in [0.25, 0.3) is 11.5 Å². The Labute approximate surface area is 126 Å². The first kappa shape index (κ1) is 15.6. The van der Waals surface area contributed by atoms with Crippen molar-refractivity contribution in [3.63, 3.8) is 0 Å². The van der Waals surface area contributed by atoms with Crippen LogP contribution in [0.1, 0.15) is 5.01 Å². The van der Waals surface area contributed by atoms with Gasteiger partial charge >= 0.3 is 11.7 Å². The molecule has 2 aromatic heterocycles. The van der Waals surface area contributed by atoms with Crippen LogP contribution in [-0.2, 0) is 20.9 Å². The van der Waals surface area contributed by atoms with Crippen LogP contribution in [0.3, 0.4) is 0 Å². The number of aromatic amines is 1. The number of esters is 1. The zero-order chi connectivity index (χ0) is 16.1. The van der Waals surface area contributed by atoms with Gasteiger partial charge in [0.05, 0.1) is 0 Å². The highest BCUT2D eigenvalue weighted by molar-refractivity contribution is 7.15. The van der Waals surface area contributed by atoms with Crippen LogP contribution in [0.15, 0.2) is 21.9 Å². The molecule has 0 aliphatic carbocycles. The number of ether oxygens (including phenoxy) is 1. The monoisotopic (exact) mass is 325 g/mol. The second-order valence-electron chi connectivity index (χ2n) is 4.07. The number of aromatic nitrogens is 4. The average Bonchev–Trinajstić information content (AvgIpc) is 2.85. The number of amides is 1. The molecule has 0 atom stereocenters. The topological polar surface area (TPSA) is 136 Å². The molecule has 10 nitrogen and oxygen atoms in total. The highest BCUT2D eigenvalue weighted by Gasteiger charge is 2.11. The zero-order valence-corrected chi connectivity index (χ0v) is 12.2. The predicted octanol–water partition coefficient (Wildman–Crippen LogP) is -1.12. The van der Waals surface area contributed by atoms with Crippen LogP contribution in [0.2, 0.25) is 0 Å². The van der Waals surface area contributed by atoms with Gasteiger partial charge in [-0.05, 0) is 6.92 Å². The van der Waals surface area contributed by atoms with Gasteiger partial charge in [-0.1, -0.05) is 11.3 Å². The van der Waals surface area contributed by atoms with Crippen LogP contribution in [-0.4, -0.2) is 38.2 Å². The van der Waals surface area contributed by atoms with E-state index in [1.54, 1.807) is 6.92 Å². The third kappa shape index (κ3) is 4.34. The van der Waals surface area contributed by atoms with Crippen LogP contribution in [0.5, 0.6) is 0 Å². The van der Waals surface area contributed by atoms with Gasteiger partial charge in [-0.15, -0.1) is 10.2 Å². The summed E-state index contributed by atoms with van der Waals surface area (Å²) < 4.78 is 5.68. The standard InChI is InChI=1S/C11H11N5O5S/c1-6-14-15-10(22-6)12-8(18)5-21-9(19)4-16-3-2-7(17)13-11(16)20/h2-3H,4-5H2,1H3,(H,12,15,18)(H,13,17,20). The normalized spacial score (nSPS) is 10.2. The largest absolute Gasteiger partial charge is 0.454 e. The van der Waals surface area contributed by atoms with Gasteiger partial charge in [0.15, 0.2) is 6.61 Å². The second kappa shape index (κ2) is 6.76. The molecule has 0 saturated carbocycles. The molecule has 0 aliphatic rings. The summed E-state index contributed by atoms with van der Waals surface area (Å²) in [5, 5.41) is 10.8. The summed E-state index contributed by atoms with van der Waals surface area (Å²) in [5.41, 5.74) is -1.31. The second-order valence-corrected chi connectivity index (χ2v) is 5.25. The third-order valence-electron chi connectivity index (χ3n) is 2.33. The third-order valence-corrected chi connectivity index (χ3v) is 3.09. The van der Waals surface area contributed by atoms with Gasteiger partial charge in [0.1, 0.15) is 11.6 Å². The summed E-state index contributed by atoms with van der Waals surface area (Å²) in [4.78, 5) is 47.3. The fraction of sp³-hybridized carbons (Fsp3) is 0.273. The molecule has 0 saturated heterocycles. The van der Waals surface area contributed by atoms with E-state index in [-0.39, 0.29) is 0 Å². The Balaban J connectivity index is 1.83. The van der Waals surface area contributed by atoms with Crippen molar-refractivity contribution in [3.05, 3.63) is 38.1 Å². The Bertz CT molecular complexity index is 807. The van der Waals surface area contributed by atoms with E-state index in [9.17, 15) is 19.2 Å². The van der Waals surface area contributed by atoms with Crippen molar-refractivity contribution >= 4 is 28.3 Å². The molecule has 2 aromatic rings. The molecule has 2 N–H and O–H groups in total. The average molecular weight is 325 g/mol. The van der Waals surface area contributed by atoms with Crippen molar-refractivity contribution in [2.75, 3.05) is 11.9 Å². The first-order valence-electron chi connectivity index (χ1n) is 5.99. The van der Waals surface area contributed by atoms with E-state index in [0.717, 1.165) is 16.8 Å². The van der Waals surface area contributed by atoms with Crippen LogP contribution in [0.25, 0.3) is 0 Å². The smallest absolute Gasteiger partial charge is 0.328 e. The molecule has 0 fully saturated rings. The van der Waals surface area contributed by atoms with Crippen LogP contribution in [0.4, 0.5) is 5.13 Å². The fourth-order valence-electron chi connectivity index (χ4n) is 1.40. The summed E-state index contributed by atoms with van der Waals surface area (Å²) in [6.07, 6.45) is 1.16. The van der Waals surface area contributed by atoms with E-state index in [2.05, 4.69) is 15.5 Å². The number of nitrogens with zero attached hydrogens (tertiary/aromatic N) is 3. The van der Waals surface area contributed by atoms with Crippen molar-refractivity contribution in [2.24, 2.45) is 0 Å². The Morgan fingerprint density at radius 2 is 2.18 bits per heavy atom. The van der Waals surface area contributed by atoms with E-state index in [4.69, 9.17) is 4.74 Å². The first-order chi connectivity index (χ1) is 10.4. The molecule has 0 bridgehead atoms. The number of carbonyl (C=O) groups excluding carboxylic acids is 2. The Morgan fingerprint density at radius 1 is 1.41 bits per heavy atom. The SMILES string of the molecule is Cc1nnc(NC(=O)COC(=O)Cn2ccc(=O)[nH]c2=O)s1. The molecular weight excluding hydrogens is 314 g/mol. The van der Waals surface area contributed by atoms with E-state index in [1.807, 2.05) is 4.98 Å². The van der Waals surface area contributed by atoms with Crippen molar-refractivity contribution in [2.45, 2.75) is 13.5 Å². The molecule has 2 heterocycles. The zero-order valence-electron chi connectivity index (χ0n) is 11.4. The number of rotatable bonds is 5. The maximum Gasteiger partial charge on any atom is 0.328 e. The number of hydrogen-bond acceptors (Lipinski definition) is 8. The van der Waals surface area contributed by atoms with Gasteiger partial charge in [-0.3, -0.25) is 29.3 Å². The van der Waals surface area contributed by atoms with E-state index >= 15 is 0 Å². The van der Waals surface area contributed by atoms with E-state index in [0.29, 0.717) is 10.1 Å². The Hall–Kier alpha value is -2.82. The van der Waals surface area contributed by atoms with E-state index in [1.165, 1.54) is 11.3 Å². The molecule has 0 aliphatic heterocycles. The van der Waals surface area contributed by atoms with Crippen molar-refractivity contribution in [1.82, 2.24) is 19.7 Å². The number of nitrogens with one attached hydrogen (secondary N) is 2. The summed E-state index contributed by atoms with van der Waals surface area (Å²) in [6.45, 7) is 0.797. The number of H-pyrrole nitrogens is 1. The summed E-state index contributed by atoms with van der Waals surface area (Å²) in [6, 6.07) is 1.10. The fourth-order valence-corrected chi connectivity index (χ4v) is 2.01. The minimum Gasteiger partial charge on any atom is -0.454 e. The molecule has 0 spiro atoms. The van der Waals surface area contributed by atoms with E-state index < -0.39 is 36.3 Å². The van der Waals surface area contributed by atoms with Gasteiger partial charge in [-0.2, -0.15) is 0 Å². The maximum atomic E-state index is 11.5. The van der Waals surface area contributed by atoms with Gasteiger partial charge in [0.2, 0.25) is 5.13 Å². The maximum absolute atomic E-state index is 11.5. The molecule has 22 heavy (non-hydrogen) atoms. The van der Waals surface area contributed by atoms with Crippen molar-refractivity contribution in [1.29, 1.82) is 0 Å². The van der Waals surface area contributed by atoms with Crippen molar-refractivity contribution < 1.29 is 14.3 Å². The summed E-state index contributed by atoms with van der Waals surface area (Å²) >= 11 is 1.18. The highest BCUT2D eigenvalue weighted by atomic mass is 32.1. The van der Waals surface area contributed by atoms with Crippen LogP contribution >= 0.6 is 11.3 Å². The molecule has 1 amide bonds. The van der Waals surface area contributed by atoms with Gasteiger partial charge < -0.3 is 4.74 Å². The van der Waals surface area contributed by atoms with Gasteiger partial charge in [-0.25, -0.2) is 4.79 Å². The lowest BCUT2D eigenvalue weighted by molar-refractivity contribution is -0.148. The number of hydrogen-bond donors (Lipinski definition) is 2. The molecule has 116 valence electrons. The Morgan fingerprint density at radius 3 is 2.82 bits per heavy atom. The molecule has 0 unspecified atom stereocenters. The minimum absolute atomic E-state index is 0.301. The van der Waals surface area contributed by atoms with Gasteiger partial charge in [0, 0.05) is 12.3 Å². The minimum atomic E-state index is -0.794. The quantitative estimate of drug-likeness (QED) is 0.664. The lowest BCUT2D eigenvalue weighted by Gasteiger charge is -2.05. The predicted molar refractivity (Wildman–Crippen MR) is 75.6 cm³/mol. The molecular formula is C11H11N5O5S. The summed E-state index contributed by atoms with van der Waals surface area (Å²) in [7, 11) is 0. The molecule has 2 rings (SSSR count). The number of anilines is 1. The first-order valence-corrected chi connectivity index (χ1v) is 6.81. The Kier molecular flexibility index (Phi) is 4.78.